The van der Waals surface area contributed by atoms with Gasteiger partial charge in [0.25, 0.3) is 0 Å². The minimum atomic E-state index is 0.124. The van der Waals surface area contributed by atoms with Crippen molar-refractivity contribution in [3.05, 3.63) is 28.2 Å². The molecule has 2 aliphatic rings. The van der Waals surface area contributed by atoms with E-state index in [1.165, 1.54) is 5.56 Å². The molecule has 1 aromatic rings. The Kier molecular flexibility index (Phi) is 3.34. The second-order valence-corrected chi connectivity index (χ2v) is 6.36. The van der Waals surface area contributed by atoms with Crippen molar-refractivity contribution in [2.45, 2.75) is 31.4 Å². The number of hydrogen-bond acceptors (Lipinski definition) is 3. The third-order valence-electron chi connectivity index (χ3n) is 3.74. The molecule has 4 heteroatoms. The summed E-state index contributed by atoms with van der Waals surface area (Å²) in [5.74, 6) is 1.03. The van der Waals surface area contributed by atoms with Gasteiger partial charge >= 0.3 is 0 Å². The average Bonchev–Trinajstić information content (AvgIpc) is 2.93. The fourth-order valence-electron chi connectivity index (χ4n) is 2.57. The van der Waals surface area contributed by atoms with E-state index in [9.17, 15) is 0 Å². The lowest BCUT2D eigenvalue weighted by Gasteiger charge is -2.25. The summed E-state index contributed by atoms with van der Waals surface area (Å²) in [5, 5.41) is 3.59. The second kappa shape index (κ2) is 4.83. The maximum absolute atomic E-state index is 5.94. The van der Waals surface area contributed by atoms with Crippen molar-refractivity contribution in [2.75, 3.05) is 19.8 Å². The van der Waals surface area contributed by atoms with Gasteiger partial charge in [-0.1, -0.05) is 15.9 Å². The number of benzene rings is 1. The smallest absolute Gasteiger partial charge is 0.123 e. The van der Waals surface area contributed by atoms with Crippen LogP contribution < -0.4 is 10.1 Å². The van der Waals surface area contributed by atoms with Crippen LogP contribution in [-0.4, -0.2) is 31.4 Å². The minimum Gasteiger partial charge on any atom is -0.488 e. The fourth-order valence-corrected chi connectivity index (χ4v) is 2.98. The molecule has 0 radical (unpaired) electrons. The van der Waals surface area contributed by atoms with Gasteiger partial charge < -0.3 is 14.8 Å². The van der Waals surface area contributed by atoms with E-state index in [0.29, 0.717) is 0 Å². The summed E-state index contributed by atoms with van der Waals surface area (Å²) in [5.41, 5.74) is 1.42. The van der Waals surface area contributed by atoms with Gasteiger partial charge in [-0.05, 0) is 37.1 Å². The van der Waals surface area contributed by atoms with Crippen LogP contribution >= 0.6 is 15.9 Å². The van der Waals surface area contributed by atoms with E-state index in [1.807, 2.05) is 12.1 Å². The monoisotopic (exact) mass is 311 g/mol. The number of hydrogen-bond donors (Lipinski definition) is 1. The van der Waals surface area contributed by atoms with Crippen LogP contribution in [0.25, 0.3) is 0 Å². The highest BCUT2D eigenvalue weighted by atomic mass is 79.9. The maximum Gasteiger partial charge on any atom is 0.123 e. The van der Waals surface area contributed by atoms with Gasteiger partial charge in [-0.3, -0.25) is 0 Å². The fraction of sp³-hybridized carbons (Fsp3) is 0.571. The van der Waals surface area contributed by atoms with Crippen LogP contribution in [-0.2, 0) is 11.2 Å². The molecule has 1 aromatic carbocycles. The van der Waals surface area contributed by atoms with Gasteiger partial charge in [0.05, 0.1) is 6.61 Å². The van der Waals surface area contributed by atoms with Crippen molar-refractivity contribution < 1.29 is 9.47 Å². The van der Waals surface area contributed by atoms with Crippen molar-refractivity contribution in [3.63, 3.8) is 0 Å². The number of ether oxygens (including phenoxy) is 2. The summed E-state index contributed by atoms with van der Waals surface area (Å²) >= 11 is 3.50. The molecule has 98 valence electrons. The Balaban J connectivity index is 1.58. The molecule has 0 saturated carbocycles. The molecular weight excluding hydrogens is 294 g/mol. The van der Waals surface area contributed by atoms with E-state index in [0.717, 1.165) is 42.8 Å². The first-order chi connectivity index (χ1) is 8.65. The van der Waals surface area contributed by atoms with Crippen LogP contribution in [0.1, 0.15) is 18.9 Å². The zero-order chi connectivity index (χ0) is 12.6. The van der Waals surface area contributed by atoms with Crippen LogP contribution in [0.5, 0.6) is 5.75 Å². The van der Waals surface area contributed by atoms with Crippen molar-refractivity contribution in [1.29, 1.82) is 0 Å². The largest absolute Gasteiger partial charge is 0.488 e. The predicted molar refractivity (Wildman–Crippen MR) is 74.1 cm³/mol. The summed E-state index contributed by atoms with van der Waals surface area (Å²) in [6, 6.07) is 6.22. The lowest BCUT2D eigenvalue weighted by molar-refractivity contribution is 0.160. The van der Waals surface area contributed by atoms with E-state index in [4.69, 9.17) is 9.47 Å². The summed E-state index contributed by atoms with van der Waals surface area (Å²) < 4.78 is 12.5. The SMILES string of the molecule is CC1(NCC2Cc3cc(Br)ccc3O2)CCOC1. The predicted octanol–water partition coefficient (Wildman–Crippen LogP) is 2.52. The van der Waals surface area contributed by atoms with Crippen LogP contribution in [0.3, 0.4) is 0 Å². The molecule has 0 aliphatic carbocycles. The molecule has 0 amide bonds. The van der Waals surface area contributed by atoms with Crippen molar-refractivity contribution in [1.82, 2.24) is 5.32 Å². The van der Waals surface area contributed by atoms with Crippen LogP contribution in [0, 0.1) is 0 Å². The van der Waals surface area contributed by atoms with Gasteiger partial charge in [0.1, 0.15) is 11.9 Å². The molecule has 1 N–H and O–H groups in total. The van der Waals surface area contributed by atoms with E-state index in [2.05, 4.69) is 34.2 Å². The topological polar surface area (TPSA) is 30.5 Å². The summed E-state index contributed by atoms with van der Waals surface area (Å²) in [6.07, 6.45) is 2.31. The van der Waals surface area contributed by atoms with Crippen molar-refractivity contribution in [3.8, 4) is 5.75 Å². The Morgan fingerprint density at radius 3 is 3.17 bits per heavy atom. The Hall–Kier alpha value is -0.580. The van der Waals surface area contributed by atoms with Gasteiger partial charge in [-0.25, -0.2) is 0 Å². The lowest BCUT2D eigenvalue weighted by atomic mass is 10.0. The zero-order valence-corrected chi connectivity index (χ0v) is 12.1. The van der Waals surface area contributed by atoms with Crippen molar-refractivity contribution in [2.24, 2.45) is 0 Å². The standard InChI is InChI=1S/C14H18BrNO2/c1-14(4-5-17-9-14)16-8-12-7-10-6-11(15)2-3-13(10)18-12/h2-3,6,12,16H,4-5,7-9H2,1H3. The highest BCUT2D eigenvalue weighted by Crippen LogP contribution is 2.31. The molecule has 1 fully saturated rings. The molecule has 18 heavy (non-hydrogen) atoms. The Bertz CT molecular complexity index is 443. The molecule has 2 heterocycles. The van der Waals surface area contributed by atoms with Crippen LogP contribution in [0.15, 0.2) is 22.7 Å². The molecule has 2 aliphatic heterocycles. The molecule has 0 bridgehead atoms. The van der Waals surface area contributed by atoms with E-state index < -0.39 is 0 Å². The molecule has 0 spiro atoms. The Morgan fingerprint density at radius 1 is 1.50 bits per heavy atom. The third kappa shape index (κ3) is 2.56. The molecule has 0 aromatic heterocycles. The molecule has 1 saturated heterocycles. The van der Waals surface area contributed by atoms with Gasteiger partial charge in [0.15, 0.2) is 0 Å². The summed E-state index contributed by atoms with van der Waals surface area (Å²) in [4.78, 5) is 0. The van der Waals surface area contributed by atoms with E-state index >= 15 is 0 Å². The highest BCUT2D eigenvalue weighted by molar-refractivity contribution is 9.10. The number of nitrogens with one attached hydrogen (secondary N) is 1. The molecule has 2 unspecified atom stereocenters. The Labute approximate surface area is 116 Å². The second-order valence-electron chi connectivity index (χ2n) is 5.44. The molecule has 3 nitrogen and oxygen atoms in total. The highest BCUT2D eigenvalue weighted by Gasteiger charge is 2.31. The number of halogens is 1. The number of rotatable bonds is 3. The quantitative estimate of drug-likeness (QED) is 0.930. The first kappa shape index (κ1) is 12.5. The lowest BCUT2D eigenvalue weighted by Crippen LogP contribution is -2.47. The molecule has 2 atom stereocenters. The van der Waals surface area contributed by atoms with Crippen molar-refractivity contribution >= 4 is 15.9 Å². The van der Waals surface area contributed by atoms with Crippen LogP contribution in [0.2, 0.25) is 0 Å². The number of fused-ring (bicyclic) bond motifs is 1. The first-order valence-electron chi connectivity index (χ1n) is 6.42. The summed E-state index contributed by atoms with van der Waals surface area (Å²) in [7, 11) is 0. The summed E-state index contributed by atoms with van der Waals surface area (Å²) in [6.45, 7) is 4.77. The van der Waals surface area contributed by atoms with Crippen LogP contribution in [0.4, 0.5) is 0 Å². The average molecular weight is 312 g/mol. The zero-order valence-electron chi connectivity index (χ0n) is 10.5. The van der Waals surface area contributed by atoms with E-state index in [1.54, 1.807) is 0 Å². The van der Waals surface area contributed by atoms with E-state index in [-0.39, 0.29) is 11.6 Å². The van der Waals surface area contributed by atoms with Gasteiger partial charge in [-0.15, -0.1) is 0 Å². The van der Waals surface area contributed by atoms with Gasteiger partial charge in [0, 0.05) is 29.6 Å². The molecule has 3 rings (SSSR count). The van der Waals surface area contributed by atoms with Gasteiger partial charge in [-0.2, -0.15) is 0 Å². The normalized spacial score (nSPS) is 30.2. The minimum absolute atomic E-state index is 0.124. The van der Waals surface area contributed by atoms with Gasteiger partial charge in [0.2, 0.25) is 0 Å². The molecular formula is C14H18BrNO2. The Morgan fingerprint density at radius 2 is 2.39 bits per heavy atom. The third-order valence-corrected chi connectivity index (χ3v) is 4.23. The first-order valence-corrected chi connectivity index (χ1v) is 7.22. The maximum atomic E-state index is 5.94.